The molecule has 1 amide bonds. The number of anilines is 1. The number of oxime groups is 1. The second kappa shape index (κ2) is 5.97. The van der Waals surface area contributed by atoms with Gasteiger partial charge in [0.2, 0.25) is 6.10 Å². The normalized spacial score (nSPS) is 17.0. The van der Waals surface area contributed by atoms with Crippen molar-refractivity contribution >= 4 is 17.3 Å². The Labute approximate surface area is 128 Å². The van der Waals surface area contributed by atoms with Crippen LogP contribution >= 0.6 is 0 Å². The second-order valence-corrected chi connectivity index (χ2v) is 5.05. The number of amides is 1. The molecular formula is C15H17N5O2. The standard InChI is InChI=1S/C15H17N5O2/c1-3-20-9-12(10(2)18-20)13-7-14(22-19-13)15(21)17-11-5-4-6-16-8-11/h4-6,8-9,14H,3,7H2,1-2H3,(H,17,21)/t14-/m0/s1. The third kappa shape index (κ3) is 2.83. The van der Waals surface area contributed by atoms with Crippen LogP contribution in [0.4, 0.5) is 5.69 Å². The molecule has 0 spiro atoms. The minimum Gasteiger partial charge on any atom is -0.382 e. The fourth-order valence-corrected chi connectivity index (χ4v) is 2.30. The Morgan fingerprint density at radius 1 is 1.55 bits per heavy atom. The van der Waals surface area contributed by atoms with Gasteiger partial charge in [-0.05, 0) is 26.0 Å². The van der Waals surface area contributed by atoms with Crippen LogP contribution in [0.5, 0.6) is 0 Å². The van der Waals surface area contributed by atoms with Gasteiger partial charge in [0.1, 0.15) is 0 Å². The van der Waals surface area contributed by atoms with Gasteiger partial charge in [-0.15, -0.1) is 0 Å². The van der Waals surface area contributed by atoms with Crippen molar-refractivity contribution in [2.45, 2.75) is 32.9 Å². The molecule has 0 aromatic carbocycles. The van der Waals surface area contributed by atoms with Crippen molar-refractivity contribution in [3.63, 3.8) is 0 Å². The van der Waals surface area contributed by atoms with Crippen molar-refractivity contribution in [3.8, 4) is 0 Å². The fourth-order valence-electron chi connectivity index (χ4n) is 2.30. The molecule has 22 heavy (non-hydrogen) atoms. The number of hydrogen-bond donors (Lipinski definition) is 1. The second-order valence-electron chi connectivity index (χ2n) is 5.05. The van der Waals surface area contributed by atoms with E-state index in [1.807, 2.05) is 24.7 Å². The van der Waals surface area contributed by atoms with Crippen LogP contribution in [0.25, 0.3) is 0 Å². The van der Waals surface area contributed by atoms with Crippen LogP contribution in [0, 0.1) is 6.92 Å². The lowest BCUT2D eigenvalue weighted by atomic mass is 10.1. The van der Waals surface area contributed by atoms with Gasteiger partial charge in [-0.25, -0.2) is 0 Å². The van der Waals surface area contributed by atoms with Crippen molar-refractivity contribution in [2.24, 2.45) is 5.16 Å². The van der Waals surface area contributed by atoms with Crippen LogP contribution in [0.2, 0.25) is 0 Å². The van der Waals surface area contributed by atoms with E-state index >= 15 is 0 Å². The van der Waals surface area contributed by atoms with E-state index in [1.165, 1.54) is 0 Å². The Morgan fingerprint density at radius 3 is 3.09 bits per heavy atom. The van der Waals surface area contributed by atoms with Crippen molar-refractivity contribution in [3.05, 3.63) is 42.0 Å². The Kier molecular flexibility index (Phi) is 3.86. The quantitative estimate of drug-likeness (QED) is 0.932. The number of hydrogen-bond acceptors (Lipinski definition) is 5. The molecule has 0 saturated heterocycles. The number of rotatable bonds is 4. The van der Waals surface area contributed by atoms with Crippen LogP contribution in [0.15, 0.2) is 35.9 Å². The molecule has 114 valence electrons. The molecule has 0 radical (unpaired) electrons. The highest BCUT2D eigenvalue weighted by Gasteiger charge is 2.30. The predicted octanol–water partition coefficient (Wildman–Crippen LogP) is 1.74. The zero-order chi connectivity index (χ0) is 15.5. The van der Waals surface area contributed by atoms with Crippen molar-refractivity contribution in [1.82, 2.24) is 14.8 Å². The summed E-state index contributed by atoms with van der Waals surface area (Å²) in [6, 6.07) is 3.53. The lowest BCUT2D eigenvalue weighted by molar-refractivity contribution is -0.125. The maximum atomic E-state index is 12.2. The molecule has 1 N–H and O–H groups in total. The SMILES string of the molecule is CCn1cc(C2=NO[C@H](C(=O)Nc3cccnc3)C2)c(C)n1. The molecule has 3 heterocycles. The monoisotopic (exact) mass is 299 g/mol. The van der Waals surface area contributed by atoms with Crippen LogP contribution in [-0.2, 0) is 16.2 Å². The van der Waals surface area contributed by atoms with Crippen molar-refractivity contribution in [1.29, 1.82) is 0 Å². The molecule has 2 aromatic heterocycles. The molecule has 1 atom stereocenters. The number of nitrogens with one attached hydrogen (secondary N) is 1. The zero-order valence-electron chi connectivity index (χ0n) is 12.5. The lowest BCUT2D eigenvalue weighted by Crippen LogP contribution is -2.28. The van der Waals surface area contributed by atoms with Gasteiger partial charge in [0, 0.05) is 30.9 Å². The third-order valence-corrected chi connectivity index (χ3v) is 3.47. The molecule has 1 aliphatic heterocycles. The van der Waals surface area contributed by atoms with Gasteiger partial charge in [-0.3, -0.25) is 14.5 Å². The smallest absolute Gasteiger partial charge is 0.268 e. The van der Waals surface area contributed by atoms with Crippen LogP contribution in [-0.4, -0.2) is 32.5 Å². The van der Waals surface area contributed by atoms with E-state index < -0.39 is 6.10 Å². The molecule has 0 saturated carbocycles. The van der Waals surface area contributed by atoms with Crippen LogP contribution in [0.3, 0.4) is 0 Å². The van der Waals surface area contributed by atoms with E-state index in [0.717, 1.165) is 23.5 Å². The molecule has 0 aliphatic carbocycles. The first-order valence-electron chi connectivity index (χ1n) is 7.15. The van der Waals surface area contributed by atoms with E-state index in [1.54, 1.807) is 24.5 Å². The number of aryl methyl sites for hydroxylation is 2. The van der Waals surface area contributed by atoms with E-state index in [2.05, 4.69) is 20.6 Å². The summed E-state index contributed by atoms with van der Waals surface area (Å²) in [7, 11) is 0. The van der Waals surface area contributed by atoms with Crippen molar-refractivity contribution < 1.29 is 9.63 Å². The molecule has 0 fully saturated rings. The summed E-state index contributed by atoms with van der Waals surface area (Å²) in [4.78, 5) is 21.4. The van der Waals surface area contributed by atoms with E-state index in [0.29, 0.717) is 12.1 Å². The molecule has 3 rings (SSSR count). The van der Waals surface area contributed by atoms with Gasteiger partial charge in [0.05, 0.1) is 23.3 Å². The highest BCUT2D eigenvalue weighted by atomic mass is 16.6. The highest BCUT2D eigenvalue weighted by molar-refractivity contribution is 6.06. The third-order valence-electron chi connectivity index (χ3n) is 3.47. The van der Waals surface area contributed by atoms with Gasteiger partial charge in [-0.1, -0.05) is 5.16 Å². The molecule has 1 aliphatic rings. The molecular weight excluding hydrogens is 282 g/mol. The molecule has 2 aromatic rings. The number of aromatic nitrogens is 3. The highest BCUT2D eigenvalue weighted by Crippen LogP contribution is 2.20. The summed E-state index contributed by atoms with van der Waals surface area (Å²) in [6.07, 6.45) is 4.97. The first-order chi connectivity index (χ1) is 10.7. The molecule has 0 unspecified atom stereocenters. The summed E-state index contributed by atoms with van der Waals surface area (Å²) in [6.45, 7) is 4.74. The number of carbonyl (C=O) groups excluding carboxylic acids is 1. The summed E-state index contributed by atoms with van der Waals surface area (Å²) < 4.78 is 1.84. The number of pyridine rings is 1. The largest absolute Gasteiger partial charge is 0.382 e. The first kappa shape index (κ1) is 14.2. The van der Waals surface area contributed by atoms with Crippen LogP contribution in [0.1, 0.15) is 24.6 Å². The topological polar surface area (TPSA) is 81.4 Å². The fraction of sp³-hybridized carbons (Fsp3) is 0.333. The minimum atomic E-state index is -0.625. The number of nitrogens with zero attached hydrogens (tertiary/aromatic N) is 4. The maximum Gasteiger partial charge on any atom is 0.268 e. The van der Waals surface area contributed by atoms with E-state index in [9.17, 15) is 4.79 Å². The Bertz CT molecular complexity index is 708. The Morgan fingerprint density at radius 2 is 2.41 bits per heavy atom. The summed E-state index contributed by atoms with van der Waals surface area (Å²) in [5.74, 6) is -0.229. The average Bonchev–Trinajstić information content (AvgIpc) is 3.14. The van der Waals surface area contributed by atoms with Gasteiger partial charge >= 0.3 is 0 Å². The first-order valence-corrected chi connectivity index (χ1v) is 7.15. The summed E-state index contributed by atoms with van der Waals surface area (Å²) in [5.41, 5.74) is 3.21. The molecule has 0 bridgehead atoms. The van der Waals surface area contributed by atoms with Gasteiger partial charge in [-0.2, -0.15) is 5.10 Å². The van der Waals surface area contributed by atoms with Crippen molar-refractivity contribution in [2.75, 3.05) is 5.32 Å². The van der Waals surface area contributed by atoms with E-state index in [-0.39, 0.29) is 5.91 Å². The number of carbonyl (C=O) groups is 1. The summed E-state index contributed by atoms with van der Waals surface area (Å²) in [5, 5.41) is 11.2. The molecule has 7 heteroatoms. The van der Waals surface area contributed by atoms with Crippen LogP contribution < -0.4 is 5.32 Å². The Hall–Kier alpha value is -2.70. The predicted molar refractivity (Wildman–Crippen MR) is 81.5 cm³/mol. The summed E-state index contributed by atoms with van der Waals surface area (Å²) >= 11 is 0. The zero-order valence-corrected chi connectivity index (χ0v) is 12.5. The lowest BCUT2D eigenvalue weighted by Gasteiger charge is -2.08. The Balaban J connectivity index is 1.66. The van der Waals surface area contributed by atoms with Gasteiger partial charge in [0.15, 0.2) is 0 Å². The van der Waals surface area contributed by atoms with Gasteiger partial charge in [0.25, 0.3) is 5.91 Å². The average molecular weight is 299 g/mol. The van der Waals surface area contributed by atoms with E-state index in [4.69, 9.17) is 4.84 Å². The maximum absolute atomic E-state index is 12.2. The van der Waals surface area contributed by atoms with Gasteiger partial charge < -0.3 is 10.2 Å². The minimum absolute atomic E-state index is 0.229. The molecule has 7 nitrogen and oxygen atoms in total.